The Morgan fingerprint density at radius 1 is 0.973 bits per heavy atom. The number of amides is 3. The quantitative estimate of drug-likeness (QED) is 0.475. The third-order valence-corrected chi connectivity index (χ3v) is 5.96. The molecule has 37 heavy (non-hydrogen) atoms. The second kappa shape index (κ2) is 12.2. The summed E-state index contributed by atoms with van der Waals surface area (Å²) in [6.45, 7) is 15.7. The first-order valence-corrected chi connectivity index (χ1v) is 12.5. The first-order chi connectivity index (χ1) is 17.2. The molecule has 0 saturated carbocycles. The van der Waals surface area contributed by atoms with E-state index in [2.05, 4.69) is 10.6 Å². The summed E-state index contributed by atoms with van der Waals surface area (Å²) < 4.78 is 5.28. The van der Waals surface area contributed by atoms with Crippen molar-refractivity contribution in [3.8, 4) is 0 Å². The van der Waals surface area contributed by atoms with Crippen LogP contribution in [0.25, 0.3) is 0 Å². The lowest BCUT2D eigenvalue weighted by Gasteiger charge is -2.37. The van der Waals surface area contributed by atoms with Gasteiger partial charge >= 0.3 is 6.09 Å². The summed E-state index contributed by atoms with van der Waals surface area (Å²) in [6.07, 6.45) is -0.827. The number of carbonyl (C=O) groups is 3. The predicted molar refractivity (Wildman–Crippen MR) is 145 cm³/mol. The summed E-state index contributed by atoms with van der Waals surface area (Å²) in [5.41, 5.74) is 4.23. The van der Waals surface area contributed by atoms with Gasteiger partial charge in [0.2, 0.25) is 5.91 Å². The number of aliphatic hydroxyl groups is 1. The number of anilines is 1. The van der Waals surface area contributed by atoms with Gasteiger partial charge in [0.15, 0.2) is 0 Å². The van der Waals surface area contributed by atoms with Crippen molar-refractivity contribution >= 4 is 23.6 Å². The second-order valence-electron chi connectivity index (χ2n) is 10.7. The molecule has 0 aromatic heterocycles. The predicted octanol–water partition coefficient (Wildman–Crippen LogP) is 4.72. The normalized spacial score (nSPS) is 13.1. The number of aliphatic hydroxyl groups excluding tert-OH is 1. The minimum Gasteiger partial charge on any atom is -0.444 e. The van der Waals surface area contributed by atoms with Gasteiger partial charge in [-0.15, -0.1) is 0 Å². The van der Waals surface area contributed by atoms with E-state index in [9.17, 15) is 19.5 Å². The van der Waals surface area contributed by atoms with E-state index in [-0.39, 0.29) is 5.91 Å². The number of aryl methyl sites for hydroxylation is 4. The second-order valence-corrected chi connectivity index (χ2v) is 10.7. The molecule has 0 aliphatic heterocycles. The average Bonchev–Trinajstić information content (AvgIpc) is 2.77. The highest BCUT2D eigenvalue weighted by Crippen LogP contribution is 2.30. The Kier molecular flexibility index (Phi) is 9.87. The van der Waals surface area contributed by atoms with Crippen LogP contribution in [-0.2, 0) is 14.3 Å². The Morgan fingerprint density at radius 2 is 1.57 bits per heavy atom. The number of carbonyl (C=O) groups excluding carboxylic acids is 3. The number of hydrogen-bond donors (Lipinski definition) is 3. The molecule has 2 aromatic rings. The van der Waals surface area contributed by atoms with Crippen molar-refractivity contribution in [1.82, 2.24) is 10.2 Å². The van der Waals surface area contributed by atoms with E-state index < -0.39 is 42.3 Å². The van der Waals surface area contributed by atoms with Crippen molar-refractivity contribution < 1.29 is 24.2 Å². The van der Waals surface area contributed by atoms with E-state index in [1.807, 2.05) is 64.1 Å². The lowest BCUT2D eigenvalue weighted by atomic mass is 9.95. The monoisotopic (exact) mass is 511 g/mol. The minimum atomic E-state index is -1.29. The number of nitrogens with one attached hydrogen (secondary N) is 2. The van der Waals surface area contributed by atoms with Crippen LogP contribution in [0.4, 0.5) is 10.5 Å². The van der Waals surface area contributed by atoms with Crippen LogP contribution in [-0.4, -0.2) is 52.2 Å². The fourth-order valence-corrected chi connectivity index (χ4v) is 4.25. The third-order valence-electron chi connectivity index (χ3n) is 5.96. The number of ether oxygens (including phenoxy) is 1. The van der Waals surface area contributed by atoms with Crippen LogP contribution in [0.5, 0.6) is 0 Å². The summed E-state index contributed by atoms with van der Waals surface area (Å²) in [7, 11) is 0. The van der Waals surface area contributed by atoms with E-state index >= 15 is 0 Å². The molecule has 0 bridgehead atoms. The topological polar surface area (TPSA) is 108 Å². The first kappa shape index (κ1) is 29.8. The highest BCUT2D eigenvalue weighted by Gasteiger charge is 2.38. The lowest BCUT2D eigenvalue weighted by molar-refractivity contribution is -0.143. The Balaban J connectivity index is 2.56. The van der Waals surface area contributed by atoms with Crippen LogP contribution in [0.15, 0.2) is 36.4 Å². The molecule has 2 aromatic carbocycles. The van der Waals surface area contributed by atoms with Crippen molar-refractivity contribution in [2.45, 2.75) is 86.0 Å². The van der Waals surface area contributed by atoms with Gasteiger partial charge in [-0.2, -0.15) is 0 Å². The van der Waals surface area contributed by atoms with Gasteiger partial charge in [-0.05, 0) is 84.6 Å². The zero-order chi connectivity index (χ0) is 28.1. The molecule has 0 fully saturated rings. The standard InChI is InChI=1S/C29H41N3O5/c1-17(2)32(27(35)23(16-33)30-28(36)37-29(7,8)9)25(22-14-13-18(3)15-21(22)6)26(34)31-24-19(4)11-10-12-20(24)5/h10-15,17,23,25,33H,16H2,1-9H3,(H,30,36)(H,31,34). The number of alkyl carbamates (subject to hydrolysis) is 1. The molecule has 0 aliphatic carbocycles. The Bertz CT molecular complexity index is 1120. The molecule has 8 nitrogen and oxygen atoms in total. The van der Waals surface area contributed by atoms with E-state index in [1.54, 1.807) is 34.6 Å². The summed E-state index contributed by atoms with van der Waals surface area (Å²) in [5.74, 6) is -0.981. The molecule has 202 valence electrons. The van der Waals surface area contributed by atoms with Gasteiger partial charge in [-0.3, -0.25) is 9.59 Å². The highest BCUT2D eigenvalue weighted by molar-refractivity contribution is 6.00. The van der Waals surface area contributed by atoms with E-state index in [4.69, 9.17) is 4.74 Å². The molecule has 3 N–H and O–H groups in total. The maximum atomic E-state index is 13.9. The molecule has 0 heterocycles. The smallest absolute Gasteiger partial charge is 0.408 e. The molecule has 0 saturated heterocycles. The SMILES string of the molecule is Cc1ccc(C(C(=O)Nc2c(C)cccc2C)N(C(=O)C(CO)NC(=O)OC(C)(C)C)C(C)C)c(C)c1. The summed E-state index contributed by atoms with van der Waals surface area (Å²) >= 11 is 0. The summed E-state index contributed by atoms with van der Waals surface area (Å²) in [4.78, 5) is 41.6. The molecule has 2 rings (SSSR count). The zero-order valence-corrected chi connectivity index (χ0v) is 23.4. The first-order valence-electron chi connectivity index (χ1n) is 12.5. The van der Waals surface area contributed by atoms with E-state index in [0.717, 1.165) is 22.3 Å². The summed E-state index contributed by atoms with van der Waals surface area (Å²) in [5, 5.41) is 15.5. The number of para-hydroxylation sites is 1. The zero-order valence-electron chi connectivity index (χ0n) is 23.4. The van der Waals surface area contributed by atoms with Crippen molar-refractivity contribution in [3.63, 3.8) is 0 Å². The van der Waals surface area contributed by atoms with Crippen molar-refractivity contribution in [3.05, 3.63) is 64.2 Å². The van der Waals surface area contributed by atoms with E-state index in [0.29, 0.717) is 11.3 Å². The van der Waals surface area contributed by atoms with Crippen LogP contribution in [0.1, 0.15) is 68.5 Å². The highest BCUT2D eigenvalue weighted by atomic mass is 16.6. The Hall–Kier alpha value is -3.39. The van der Waals surface area contributed by atoms with Gasteiger partial charge < -0.3 is 25.4 Å². The van der Waals surface area contributed by atoms with Crippen LogP contribution in [0.3, 0.4) is 0 Å². The number of hydrogen-bond acceptors (Lipinski definition) is 5. The van der Waals surface area contributed by atoms with Crippen molar-refractivity contribution in [1.29, 1.82) is 0 Å². The molecule has 3 amide bonds. The maximum Gasteiger partial charge on any atom is 0.408 e. The van der Waals surface area contributed by atoms with Gasteiger partial charge in [0, 0.05) is 11.7 Å². The molecule has 2 unspecified atom stereocenters. The van der Waals surface area contributed by atoms with Gasteiger partial charge in [0.05, 0.1) is 6.61 Å². The van der Waals surface area contributed by atoms with Gasteiger partial charge in [0.25, 0.3) is 5.91 Å². The van der Waals surface area contributed by atoms with Gasteiger partial charge in [-0.1, -0.05) is 42.0 Å². The van der Waals surface area contributed by atoms with Crippen LogP contribution >= 0.6 is 0 Å². The summed E-state index contributed by atoms with van der Waals surface area (Å²) in [6, 6.07) is 8.70. The minimum absolute atomic E-state index is 0.389. The van der Waals surface area contributed by atoms with Crippen LogP contribution < -0.4 is 10.6 Å². The molecule has 0 radical (unpaired) electrons. The van der Waals surface area contributed by atoms with Gasteiger partial charge in [0.1, 0.15) is 17.7 Å². The number of nitrogens with zero attached hydrogens (tertiary/aromatic N) is 1. The molecular formula is C29H41N3O5. The fourth-order valence-electron chi connectivity index (χ4n) is 4.25. The van der Waals surface area contributed by atoms with E-state index in [1.165, 1.54) is 4.90 Å². The lowest BCUT2D eigenvalue weighted by Crippen LogP contribution is -2.55. The van der Waals surface area contributed by atoms with Crippen molar-refractivity contribution in [2.24, 2.45) is 0 Å². The molecule has 0 spiro atoms. The fraction of sp³-hybridized carbons (Fsp3) is 0.483. The number of rotatable bonds is 8. The molecule has 0 aliphatic rings. The Morgan fingerprint density at radius 3 is 2.05 bits per heavy atom. The molecule has 8 heteroatoms. The van der Waals surface area contributed by atoms with Crippen LogP contribution in [0.2, 0.25) is 0 Å². The maximum absolute atomic E-state index is 13.9. The molecule has 2 atom stereocenters. The largest absolute Gasteiger partial charge is 0.444 e. The van der Waals surface area contributed by atoms with Gasteiger partial charge in [-0.25, -0.2) is 4.79 Å². The number of benzene rings is 2. The third kappa shape index (κ3) is 7.79. The average molecular weight is 512 g/mol. The van der Waals surface area contributed by atoms with Crippen LogP contribution in [0, 0.1) is 27.7 Å². The Labute approximate surface area is 220 Å². The molecular weight excluding hydrogens is 470 g/mol. The van der Waals surface area contributed by atoms with Crippen molar-refractivity contribution in [2.75, 3.05) is 11.9 Å².